The number of aryl methyl sites for hydroxylation is 1. The van der Waals surface area contributed by atoms with Gasteiger partial charge in [0, 0.05) is 37.3 Å². The van der Waals surface area contributed by atoms with Crippen LogP contribution in [0.25, 0.3) is 5.70 Å². The monoisotopic (exact) mass is 287 g/mol. The number of piperazine rings is 1. The second kappa shape index (κ2) is 5.13. The summed E-state index contributed by atoms with van der Waals surface area (Å²) < 4.78 is 0. The van der Waals surface area contributed by atoms with Crippen molar-refractivity contribution in [2.24, 2.45) is 10.9 Å². The van der Waals surface area contributed by atoms with Crippen molar-refractivity contribution in [1.82, 2.24) is 20.4 Å². The van der Waals surface area contributed by atoms with E-state index in [0.29, 0.717) is 18.0 Å². The number of H-pyrrole nitrogens is 1. The highest BCUT2D eigenvalue weighted by molar-refractivity contribution is 5.49. The molecule has 1 aromatic rings. The lowest BCUT2D eigenvalue weighted by molar-refractivity contribution is 0.244. The zero-order valence-electron chi connectivity index (χ0n) is 13.0. The summed E-state index contributed by atoms with van der Waals surface area (Å²) >= 11 is 0. The van der Waals surface area contributed by atoms with Crippen LogP contribution in [0.4, 0.5) is 0 Å². The summed E-state index contributed by atoms with van der Waals surface area (Å²) in [5.41, 5.74) is 3.67. The van der Waals surface area contributed by atoms with Gasteiger partial charge in [-0.1, -0.05) is 12.8 Å². The van der Waals surface area contributed by atoms with Gasteiger partial charge in [0.2, 0.25) is 0 Å². The molecule has 0 radical (unpaired) electrons. The van der Waals surface area contributed by atoms with E-state index in [2.05, 4.69) is 34.3 Å². The van der Waals surface area contributed by atoms with Crippen molar-refractivity contribution in [3.63, 3.8) is 0 Å². The normalized spacial score (nSPS) is 32.4. The molecule has 0 bridgehead atoms. The number of fused-ring (bicyclic) bond motifs is 2. The zero-order valence-corrected chi connectivity index (χ0v) is 13.0. The van der Waals surface area contributed by atoms with Crippen LogP contribution < -0.4 is 16.0 Å². The van der Waals surface area contributed by atoms with E-state index in [9.17, 15) is 0 Å². The molecule has 1 saturated carbocycles. The van der Waals surface area contributed by atoms with E-state index in [0.717, 1.165) is 30.8 Å². The summed E-state index contributed by atoms with van der Waals surface area (Å²) in [5, 5.41) is 12.4. The van der Waals surface area contributed by atoms with E-state index in [-0.39, 0.29) is 0 Å². The third-order valence-corrected chi connectivity index (χ3v) is 5.27. The van der Waals surface area contributed by atoms with Gasteiger partial charge in [-0.15, -0.1) is 0 Å². The summed E-state index contributed by atoms with van der Waals surface area (Å²) in [6, 6.07) is 1.02. The summed E-state index contributed by atoms with van der Waals surface area (Å²) in [6.07, 6.45) is 5.17. The minimum Gasteiger partial charge on any atom is -0.371 e. The summed E-state index contributed by atoms with van der Waals surface area (Å²) in [7, 11) is 0. The minimum absolute atomic E-state index is 0.464. The number of hydrogen-bond acceptors (Lipinski definition) is 4. The van der Waals surface area contributed by atoms with Gasteiger partial charge in [-0.2, -0.15) is 5.10 Å². The van der Waals surface area contributed by atoms with Crippen LogP contribution >= 0.6 is 0 Å². The lowest BCUT2D eigenvalue weighted by atomic mass is 9.80. The number of nitrogens with one attached hydrogen (secondary N) is 2. The van der Waals surface area contributed by atoms with E-state index in [1.807, 2.05) is 0 Å². The first-order valence-electron chi connectivity index (χ1n) is 8.35. The van der Waals surface area contributed by atoms with Gasteiger partial charge in [0.15, 0.2) is 5.49 Å². The average molecular weight is 287 g/mol. The zero-order chi connectivity index (χ0) is 14.4. The van der Waals surface area contributed by atoms with Crippen LogP contribution in [0.15, 0.2) is 4.99 Å². The molecule has 3 heterocycles. The molecule has 0 spiro atoms. The fraction of sp³-hybridized carbons (Fsp3) is 0.750. The fourth-order valence-electron chi connectivity index (χ4n) is 4.30. The maximum absolute atomic E-state index is 4.97. The van der Waals surface area contributed by atoms with Crippen LogP contribution in [0.1, 0.15) is 38.3 Å². The maximum atomic E-state index is 4.97. The molecule has 1 aromatic heterocycles. The van der Waals surface area contributed by atoms with E-state index in [4.69, 9.17) is 4.99 Å². The molecule has 1 aliphatic carbocycles. The topological polar surface area (TPSA) is 56.3 Å². The molecule has 1 saturated heterocycles. The Balaban J connectivity index is 1.86. The summed E-state index contributed by atoms with van der Waals surface area (Å²) in [5.74, 6) is 0.604. The second-order valence-corrected chi connectivity index (χ2v) is 6.81. The van der Waals surface area contributed by atoms with E-state index in [1.165, 1.54) is 36.6 Å². The SMILES string of the molecule is Cc1n[nH]c2c1=C(N1CCNC(C)C1)C1CCCCC1N=2. The lowest BCUT2D eigenvalue weighted by Gasteiger charge is -2.42. The van der Waals surface area contributed by atoms with Gasteiger partial charge in [0.1, 0.15) is 0 Å². The predicted molar refractivity (Wildman–Crippen MR) is 82.3 cm³/mol. The Bertz CT molecular complexity index is 646. The molecular weight excluding hydrogens is 262 g/mol. The number of hydrogen-bond donors (Lipinski definition) is 2. The van der Waals surface area contributed by atoms with Crippen molar-refractivity contribution >= 4 is 5.70 Å². The number of nitrogens with zero attached hydrogens (tertiary/aromatic N) is 3. The first-order valence-corrected chi connectivity index (χ1v) is 8.35. The molecule has 2 fully saturated rings. The van der Waals surface area contributed by atoms with Crippen LogP contribution in [-0.2, 0) is 0 Å². The smallest absolute Gasteiger partial charge is 0.152 e. The summed E-state index contributed by atoms with van der Waals surface area (Å²) in [6.45, 7) is 7.67. The lowest BCUT2D eigenvalue weighted by Crippen LogP contribution is -2.54. The maximum Gasteiger partial charge on any atom is 0.152 e. The molecule has 114 valence electrons. The van der Waals surface area contributed by atoms with Gasteiger partial charge in [-0.05, 0) is 26.7 Å². The standard InChI is InChI=1S/C16H25N5/c1-10-9-21(8-7-17-10)15-12-5-3-4-6-13(12)18-16-14(15)11(2)19-20-16/h10,12-13,17H,3-9H2,1-2H3,(H,18,20). The van der Waals surface area contributed by atoms with Crippen LogP contribution in [-0.4, -0.2) is 46.8 Å². The number of rotatable bonds is 1. The van der Waals surface area contributed by atoms with Crippen LogP contribution in [0.3, 0.4) is 0 Å². The van der Waals surface area contributed by atoms with Crippen molar-refractivity contribution in [2.45, 2.75) is 51.6 Å². The van der Waals surface area contributed by atoms with Crippen molar-refractivity contribution in [3.8, 4) is 0 Å². The highest BCUT2D eigenvalue weighted by Gasteiger charge is 2.35. The minimum atomic E-state index is 0.464. The largest absolute Gasteiger partial charge is 0.371 e. The Labute approximate surface area is 125 Å². The Kier molecular flexibility index (Phi) is 3.25. The van der Waals surface area contributed by atoms with Crippen molar-refractivity contribution < 1.29 is 0 Å². The Morgan fingerprint density at radius 3 is 2.95 bits per heavy atom. The Morgan fingerprint density at radius 1 is 1.24 bits per heavy atom. The van der Waals surface area contributed by atoms with Crippen LogP contribution in [0, 0.1) is 12.8 Å². The van der Waals surface area contributed by atoms with Crippen molar-refractivity contribution in [1.29, 1.82) is 0 Å². The van der Waals surface area contributed by atoms with Crippen molar-refractivity contribution in [3.05, 3.63) is 16.4 Å². The third kappa shape index (κ3) is 2.18. The molecule has 4 rings (SSSR count). The Hall–Kier alpha value is -1.36. The van der Waals surface area contributed by atoms with Gasteiger partial charge >= 0.3 is 0 Å². The molecule has 3 atom stereocenters. The first kappa shape index (κ1) is 13.3. The average Bonchev–Trinajstić information content (AvgIpc) is 2.86. The molecule has 21 heavy (non-hydrogen) atoms. The van der Waals surface area contributed by atoms with E-state index >= 15 is 0 Å². The summed E-state index contributed by atoms with van der Waals surface area (Å²) in [4.78, 5) is 7.58. The highest BCUT2D eigenvalue weighted by Crippen LogP contribution is 2.35. The molecule has 0 amide bonds. The van der Waals surface area contributed by atoms with Gasteiger partial charge in [0.05, 0.1) is 17.0 Å². The fourth-order valence-corrected chi connectivity index (χ4v) is 4.30. The van der Waals surface area contributed by atoms with Crippen molar-refractivity contribution in [2.75, 3.05) is 19.6 Å². The van der Waals surface area contributed by atoms with Gasteiger partial charge in [-0.25, -0.2) is 0 Å². The van der Waals surface area contributed by atoms with E-state index < -0.39 is 0 Å². The molecule has 3 unspecified atom stereocenters. The van der Waals surface area contributed by atoms with Crippen LogP contribution in [0.5, 0.6) is 0 Å². The molecule has 5 nitrogen and oxygen atoms in total. The molecule has 5 heteroatoms. The molecule has 2 N–H and O–H groups in total. The quantitative estimate of drug-likeness (QED) is 0.782. The molecule has 2 aliphatic heterocycles. The van der Waals surface area contributed by atoms with E-state index in [1.54, 1.807) is 0 Å². The molecule has 0 aromatic carbocycles. The highest BCUT2D eigenvalue weighted by atomic mass is 15.2. The Morgan fingerprint density at radius 2 is 2.10 bits per heavy atom. The predicted octanol–water partition coefficient (Wildman–Crippen LogP) is 0.312. The van der Waals surface area contributed by atoms with Gasteiger partial charge in [0.25, 0.3) is 0 Å². The van der Waals surface area contributed by atoms with Crippen LogP contribution in [0.2, 0.25) is 0 Å². The first-order chi connectivity index (χ1) is 10.2. The number of aromatic nitrogens is 2. The molecular formula is C16H25N5. The molecule has 3 aliphatic rings. The van der Waals surface area contributed by atoms with Gasteiger partial charge in [-0.3, -0.25) is 10.1 Å². The second-order valence-electron chi connectivity index (χ2n) is 6.81. The third-order valence-electron chi connectivity index (χ3n) is 5.27. The number of aromatic amines is 1. The van der Waals surface area contributed by atoms with Gasteiger partial charge < -0.3 is 10.2 Å².